The van der Waals surface area contributed by atoms with Gasteiger partial charge < -0.3 is 10.1 Å². The van der Waals surface area contributed by atoms with Gasteiger partial charge in [-0.25, -0.2) is 9.97 Å². The lowest BCUT2D eigenvalue weighted by molar-refractivity contribution is 0.397. The highest BCUT2D eigenvalue weighted by atomic mass is 32.1. The molecule has 2 bridgehead atoms. The van der Waals surface area contributed by atoms with Gasteiger partial charge in [-0.1, -0.05) is 6.42 Å². The molecule has 0 saturated heterocycles. The molecule has 0 aliphatic heterocycles. The highest BCUT2D eigenvalue weighted by Gasteiger charge is 2.39. The van der Waals surface area contributed by atoms with E-state index in [4.69, 9.17) is 4.74 Å². The molecule has 5 nitrogen and oxygen atoms in total. The number of methoxy groups -OCH3 is 1. The number of nitrogens with zero attached hydrogens (tertiary/aromatic N) is 3. The number of hydrogen-bond acceptors (Lipinski definition) is 6. The Bertz CT molecular complexity index is 687. The molecule has 22 heavy (non-hydrogen) atoms. The van der Waals surface area contributed by atoms with E-state index in [0.717, 1.165) is 28.4 Å². The van der Waals surface area contributed by atoms with Crippen LogP contribution in [0.1, 0.15) is 31.4 Å². The first-order valence-corrected chi connectivity index (χ1v) is 8.71. The zero-order valence-corrected chi connectivity index (χ0v) is 13.7. The average molecular weight is 316 g/mol. The molecular formula is C16H20N4OS. The van der Waals surface area contributed by atoms with Crippen LogP contribution in [0.3, 0.4) is 0 Å². The molecular weight excluding hydrogens is 296 g/mol. The smallest absolute Gasteiger partial charge is 0.218 e. The maximum absolute atomic E-state index is 5.34. The van der Waals surface area contributed by atoms with Gasteiger partial charge in [0.05, 0.1) is 7.11 Å². The van der Waals surface area contributed by atoms with Crippen LogP contribution >= 0.6 is 11.3 Å². The van der Waals surface area contributed by atoms with E-state index in [2.05, 4.69) is 20.3 Å². The maximum Gasteiger partial charge on any atom is 0.218 e. The SMILES string of the molecule is COc1cc(NC2CC3CCC2C3)nc(-c2nc(C)cs2)n1. The van der Waals surface area contributed by atoms with Crippen LogP contribution in [-0.2, 0) is 0 Å². The van der Waals surface area contributed by atoms with Crippen molar-refractivity contribution in [2.75, 3.05) is 12.4 Å². The van der Waals surface area contributed by atoms with Crippen LogP contribution in [0.2, 0.25) is 0 Å². The van der Waals surface area contributed by atoms with Crippen molar-refractivity contribution in [1.29, 1.82) is 0 Å². The predicted octanol–water partition coefficient (Wildman–Crippen LogP) is 3.52. The van der Waals surface area contributed by atoms with Crippen molar-refractivity contribution in [3.63, 3.8) is 0 Å². The lowest BCUT2D eigenvalue weighted by atomic mass is 9.95. The molecule has 0 radical (unpaired) electrons. The molecule has 4 rings (SSSR count). The summed E-state index contributed by atoms with van der Waals surface area (Å²) in [5.41, 5.74) is 0.994. The molecule has 0 amide bonds. The summed E-state index contributed by atoms with van der Waals surface area (Å²) in [7, 11) is 1.64. The Morgan fingerprint density at radius 2 is 2.14 bits per heavy atom. The van der Waals surface area contributed by atoms with Crippen LogP contribution in [0.4, 0.5) is 5.82 Å². The number of nitrogens with one attached hydrogen (secondary N) is 1. The van der Waals surface area contributed by atoms with Gasteiger partial charge in [0.1, 0.15) is 5.82 Å². The van der Waals surface area contributed by atoms with Gasteiger partial charge in [-0.3, -0.25) is 0 Å². The second-order valence-corrected chi connectivity index (χ2v) is 7.20. The zero-order chi connectivity index (χ0) is 15.1. The molecule has 2 aliphatic rings. The number of thiazole rings is 1. The normalized spacial score (nSPS) is 26.4. The highest BCUT2D eigenvalue weighted by Crippen LogP contribution is 2.45. The lowest BCUT2D eigenvalue weighted by Crippen LogP contribution is -2.26. The van der Waals surface area contributed by atoms with E-state index in [0.29, 0.717) is 17.7 Å². The Labute approximate surface area is 134 Å². The Morgan fingerprint density at radius 1 is 1.23 bits per heavy atom. The summed E-state index contributed by atoms with van der Waals surface area (Å²) < 4.78 is 5.34. The fourth-order valence-electron chi connectivity index (χ4n) is 3.77. The first-order chi connectivity index (χ1) is 10.7. The van der Waals surface area contributed by atoms with Crippen LogP contribution in [0.25, 0.3) is 10.8 Å². The fraction of sp³-hybridized carbons (Fsp3) is 0.562. The topological polar surface area (TPSA) is 59.9 Å². The molecule has 116 valence electrons. The van der Waals surface area contributed by atoms with Crippen LogP contribution < -0.4 is 10.1 Å². The van der Waals surface area contributed by atoms with E-state index in [1.54, 1.807) is 18.4 Å². The number of anilines is 1. The minimum atomic E-state index is 0.546. The minimum absolute atomic E-state index is 0.546. The molecule has 2 aromatic rings. The standard InChI is InChI=1S/C16H20N4OS/c1-9-8-22-16(17-9)15-19-13(7-14(20-15)21-2)18-12-6-10-3-4-11(12)5-10/h7-8,10-12H,3-6H2,1-2H3,(H,18,19,20). The first-order valence-electron chi connectivity index (χ1n) is 7.83. The third-order valence-electron chi connectivity index (χ3n) is 4.79. The molecule has 2 saturated carbocycles. The number of fused-ring (bicyclic) bond motifs is 2. The summed E-state index contributed by atoms with van der Waals surface area (Å²) in [4.78, 5) is 13.6. The molecule has 6 heteroatoms. The molecule has 2 aromatic heterocycles. The zero-order valence-electron chi connectivity index (χ0n) is 12.9. The number of aromatic nitrogens is 3. The summed E-state index contributed by atoms with van der Waals surface area (Å²) in [6.45, 7) is 1.98. The summed E-state index contributed by atoms with van der Waals surface area (Å²) in [5.74, 6) is 3.79. The van der Waals surface area contributed by atoms with Gasteiger partial charge in [0.2, 0.25) is 5.88 Å². The van der Waals surface area contributed by atoms with E-state index in [1.807, 2.05) is 18.4 Å². The molecule has 0 aromatic carbocycles. The van der Waals surface area contributed by atoms with Crippen molar-refractivity contribution in [2.45, 2.75) is 38.6 Å². The van der Waals surface area contributed by atoms with E-state index < -0.39 is 0 Å². The van der Waals surface area contributed by atoms with Crippen molar-refractivity contribution in [3.8, 4) is 16.7 Å². The highest BCUT2D eigenvalue weighted by molar-refractivity contribution is 7.13. The Kier molecular flexibility index (Phi) is 3.48. The van der Waals surface area contributed by atoms with Crippen molar-refractivity contribution in [1.82, 2.24) is 15.0 Å². The molecule has 3 unspecified atom stereocenters. The molecule has 1 N–H and O–H groups in total. The third kappa shape index (κ3) is 2.56. The number of rotatable bonds is 4. The van der Waals surface area contributed by atoms with E-state index >= 15 is 0 Å². The summed E-state index contributed by atoms with van der Waals surface area (Å²) >= 11 is 1.57. The minimum Gasteiger partial charge on any atom is -0.481 e. The van der Waals surface area contributed by atoms with Gasteiger partial charge in [-0.2, -0.15) is 4.98 Å². The summed E-state index contributed by atoms with van der Waals surface area (Å²) in [5, 5.41) is 6.46. The fourth-order valence-corrected chi connectivity index (χ4v) is 4.50. The van der Waals surface area contributed by atoms with Gasteiger partial charge in [0.15, 0.2) is 10.8 Å². The molecule has 0 spiro atoms. The summed E-state index contributed by atoms with van der Waals surface area (Å²) in [6, 6.07) is 2.43. The molecule has 2 fully saturated rings. The molecule has 3 atom stereocenters. The van der Waals surface area contributed by atoms with Gasteiger partial charge in [0.25, 0.3) is 0 Å². The van der Waals surface area contributed by atoms with Crippen LogP contribution in [0, 0.1) is 18.8 Å². The van der Waals surface area contributed by atoms with Crippen LogP contribution in [0.15, 0.2) is 11.4 Å². The Hall–Kier alpha value is -1.69. The molecule has 2 aliphatic carbocycles. The third-order valence-corrected chi connectivity index (χ3v) is 5.75. The number of aryl methyl sites for hydroxylation is 1. The number of ether oxygens (including phenoxy) is 1. The van der Waals surface area contributed by atoms with Gasteiger partial charge in [-0.15, -0.1) is 11.3 Å². The average Bonchev–Trinajstić information content (AvgIpc) is 3.23. The maximum atomic E-state index is 5.34. The Balaban J connectivity index is 1.61. The Morgan fingerprint density at radius 3 is 2.77 bits per heavy atom. The van der Waals surface area contributed by atoms with Crippen molar-refractivity contribution in [3.05, 3.63) is 17.1 Å². The van der Waals surface area contributed by atoms with E-state index in [9.17, 15) is 0 Å². The quantitative estimate of drug-likeness (QED) is 0.935. The summed E-state index contributed by atoms with van der Waals surface area (Å²) in [6.07, 6.45) is 5.39. The number of hydrogen-bond donors (Lipinski definition) is 1. The van der Waals surface area contributed by atoms with Crippen LogP contribution in [0.5, 0.6) is 5.88 Å². The van der Waals surface area contributed by atoms with Crippen molar-refractivity contribution in [2.24, 2.45) is 11.8 Å². The predicted molar refractivity (Wildman–Crippen MR) is 87.3 cm³/mol. The van der Waals surface area contributed by atoms with Gasteiger partial charge >= 0.3 is 0 Å². The van der Waals surface area contributed by atoms with E-state index in [1.165, 1.54) is 25.7 Å². The largest absolute Gasteiger partial charge is 0.481 e. The lowest BCUT2D eigenvalue weighted by Gasteiger charge is -2.23. The van der Waals surface area contributed by atoms with Gasteiger partial charge in [-0.05, 0) is 38.0 Å². The second-order valence-electron chi connectivity index (χ2n) is 6.34. The van der Waals surface area contributed by atoms with Crippen LogP contribution in [-0.4, -0.2) is 28.1 Å². The second kappa shape index (κ2) is 5.50. The molecule has 2 heterocycles. The first kappa shape index (κ1) is 13.9. The monoisotopic (exact) mass is 316 g/mol. The van der Waals surface area contributed by atoms with Gasteiger partial charge in [0, 0.05) is 23.2 Å². The van der Waals surface area contributed by atoms with Crippen molar-refractivity contribution >= 4 is 17.2 Å². The van der Waals surface area contributed by atoms with E-state index in [-0.39, 0.29) is 0 Å². The van der Waals surface area contributed by atoms with Crippen molar-refractivity contribution < 1.29 is 4.74 Å².